The van der Waals surface area contributed by atoms with Gasteiger partial charge in [-0.1, -0.05) is 48.5 Å². The van der Waals surface area contributed by atoms with Crippen LogP contribution < -0.4 is 10.6 Å². The third-order valence-corrected chi connectivity index (χ3v) is 5.59. The van der Waals surface area contributed by atoms with Gasteiger partial charge in [0.15, 0.2) is 0 Å². The predicted octanol–water partition coefficient (Wildman–Crippen LogP) is 2.98. The van der Waals surface area contributed by atoms with Gasteiger partial charge in [-0.15, -0.1) is 0 Å². The number of ether oxygens (including phenoxy) is 1. The molecule has 0 spiro atoms. The second-order valence-corrected chi connectivity index (χ2v) is 8.49. The Balaban J connectivity index is 1.68. The molecule has 188 valence electrons. The van der Waals surface area contributed by atoms with E-state index in [4.69, 9.17) is 9.84 Å². The number of rotatable bonds is 9. The Kier molecular flexibility index (Phi) is 8.00. The first kappa shape index (κ1) is 26.0. The molecular weight excluding hydrogens is 467 g/mol. The van der Waals surface area contributed by atoms with Crippen molar-refractivity contribution in [1.29, 1.82) is 0 Å². The number of nitrogens with zero attached hydrogens (tertiary/aromatic N) is 1. The van der Waals surface area contributed by atoms with Gasteiger partial charge in [0.05, 0.1) is 6.42 Å². The molecule has 0 fully saturated rings. The van der Waals surface area contributed by atoms with E-state index in [1.54, 1.807) is 19.4 Å². The van der Waals surface area contributed by atoms with Crippen molar-refractivity contribution >= 4 is 18.0 Å². The van der Waals surface area contributed by atoms with E-state index in [1.165, 1.54) is 4.90 Å². The quantitative estimate of drug-likeness (QED) is 0.496. The van der Waals surface area contributed by atoms with Crippen molar-refractivity contribution in [3.8, 4) is 11.1 Å². The van der Waals surface area contributed by atoms with Crippen LogP contribution in [-0.4, -0.2) is 73.5 Å². The Morgan fingerprint density at radius 2 is 1.54 bits per heavy atom. The molecule has 0 aromatic heterocycles. The molecule has 11 heteroatoms. The number of nitrogens with one attached hydrogen (secondary N) is 2. The normalized spacial score (nSPS) is 14.6. The van der Waals surface area contributed by atoms with Crippen LogP contribution in [0.4, 0.5) is 18.0 Å². The summed E-state index contributed by atoms with van der Waals surface area (Å²) in [6.07, 6.45) is -7.29. The minimum atomic E-state index is -4.97. The maximum Gasteiger partial charge on any atom is 0.409 e. The van der Waals surface area contributed by atoms with Gasteiger partial charge in [-0.3, -0.25) is 9.59 Å². The number of alkyl halides is 3. The Morgan fingerprint density at radius 3 is 2.03 bits per heavy atom. The molecule has 0 bridgehead atoms. The Hall–Kier alpha value is -3.60. The first-order valence-corrected chi connectivity index (χ1v) is 10.8. The monoisotopic (exact) mass is 493 g/mol. The summed E-state index contributed by atoms with van der Waals surface area (Å²) in [5, 5.41) is 12.7. The summed E-state index contributed by atoms with van der Waals surface area (Å²) in [6, 6.07) is 11.4. The summed E-state index contributed by atoms with van der Waals surface area (Å²) in [5.74, 6) is -3.13. The second kappa shape index (κ2) is 10.8. The van der Waals surface area contributed by atoms with Crippen molar-refractivity contribution in [3.63, 3.8) is 0 Å². The zero-order valence-electron chi connectivity index (χ0n) is 19.1. The number of hydrogen-bond donors (Lipinski definition) is 3. The van der Waals surface area contributed by atoms with Gasteiger partial charge in [-0.05, 0) is 36.3 Å². The standard InChI is InChI=1S/C24H26F3N3O5/c1-30(2)12-19(22(33)29-20(11-21(31)32)24(25,26)27)28-23(34)35-13-18-16-9-5-3-7-14(16)15-8-4-6-10-17(15)18/h3-10,18-20H,11-13H2,1-2H3,(H,28,34)(H,29,33)(H,31,32)/t19-,20?/m0/s1. The zero-order chi connectivity index (χ0) is 25.8. The Labute approximate surface area is 200 Å². The second-order valence-electron chi connectivity index (χ2n) is 8.49. The van der Waals surface area contributed by atoms with Crippen LogP contribution in [0, 0.1) is 0 Å². The molecule has 0 radical (unpaired) electrons. The highest BCUT2D eigenvalue weighted by Crippen LogP contribution is 2.44. The number of likely N-dealkylation sites (N-methyl/N-ethyl adjacent to an activating group) is 1. The average Bonchev–Trinajstić information content (AvgIpc) is 3.09. The molecular formula is C24H26F3N3O5. The van der Waals surface area contributed by atoms with Crippen LogP contribution in [0.1, 0.15) is 23.5 Å². The number of benzene rings is 2. The summed E-state index contributed by atoms with van der Waals surface area (Å²) in [6.45, 7) is -0.173. The van der Waals surface area contributed by atoms with Gasteiger partial charge in [-0.25, -0.2) is 4.79 Å². The fraction of sp³-hybridized carbons (Fsp3) is 0.375. The molecule has 1 unspecified atom stereocenters. The molecule has 2 aromatic carbocycles. The van der Waals surface area contributed by atoms with Crippen LogP contribution in [-0.2, 0) is 14.3 Å². The highest BCUT2D eigenvalue weighted by Gasteiger charge is 2.43. The molecule has 0 saturated carbocycles. The summed E-state index contributed by atoms with van der Waals surface area (Å²) in [7, 11) is 3.14. The van der Waals surface area contributed by atoms with Crippen molar-refractivity contribution in [1.82, 2.24) is 15.5 Å². The van der Waals surface area contributed by atoms with E-state index in [0.717, 1.165) is 22.3 Å². The van der Waals surface area contributed by atoms with E-state index in [-0.39, 0.29) is 19.1 Å². The molecule has 8 nitrogen and oxygen atoms in total. The van der Waals surface area contributed by atoms with Crippen LogP contribution in [0.25, 0.3) is 11.1 Å². The fourth-order valence-electron chi connectivity index (χ4n) is 4.04. The van der Waals surface area contributed by atoms with Crippen LogP contribution >= 0.6 is 0 Å². The maximum atomic E-state index is 13.2. The third kappa shape index (κ3) is 6.50. The zero-order valence-corrected chi connectivity index (χ0v) is 19.1. The van der Waals surface area contributed by atoms with Crippen LogP contribution in [0.5, 0.6) is 0 Å². The van der Waals surface area contributed by atoms with Gasteiger partial charge in [-0.2, -0.15) is 13.2 Å². The molecule has 2 aromatic rings. The van der Waals surface area contributed by atoms with E-state index in [0.29, 0.717) is 0 Å². The van der Waals surface area contributed by atoms with E-state index >= 15 is 0 Å². The number of halogens is 3. The van der Waals surface area contributed by atoms with Crippen LogP contribution in [0.2, 0.25) is 0 Å². The molecule has 3 rings (SSSR count). The van der Waals surface area contributed by atoms with E-state index in [1.807, 2.05) is 48.5 Å². The third-order valence-electron chi connectivity index (χ3n) is 5.59. The smallest absolute Gasteiger partial charge is 0.409 e. The van der Waals surface area contributed by atoms with E-state index in [9.17, 15) is 27.6 Å². The van der Waals surface area contributed by atoms with Crippen molar-refractivity contribution in [2.24, 2.45) is 0 Å². The van der Waals surface area contributed by atoms with Gasteiger partial charge >= 0.3 is 18.2 Å². The number of aliphatic carboxylic acids is 1. The Bertz CT molecular complexity index is 1040. The summed E-state index contributed by atoms with van der Waals surface area (Å²) >= 11 is 0. The van der Waals surface area contributed by atoms with Crippen LogP contribution in [0.15, 0.2) is 48.5 Å². The van der Waals surface area contributed by atoms with Crippen molar-refractivity contribution in [2.75, 3.05) is 27.2 Å². The molecule has 1 aliphatic rings. The molecule has 3 N–H and O–H groups in total. The first-order chi connectivity index (χ1) is 16.5. The highest BCUT2D eigenvalue weighted by molar-refractivity contribution is 5.86. The molecule has 0 heterocycles. The average molecular weight is 493 g/mol. The van der Waals surface area contributed by atoms with E-state index < -0.39 is 42.7 Å². The summed E-state index contributed by atoms with van der Waals surface area (Å²) in [4.78, 5) is 37.4. The Morgan fingerprint density at radius 1 is 1.00 bits per heavy atom. The highest BCUT2D eigenvalue weighted by atomic mass is 19.4. The lowest BCUT2D eigenvalue weighted by Gasteiger charge is -2.26. The number of alkyl carbamates (subject to hydrolysis) is 1. The predicted molar refractivity (Wildman–Crippen MR) is 121 cm³/mol. The topological polar surface area (TPSA) is 108 Å². The molecule has 1 aliphatic carbocycles. The lowest BCUT2D eigenvalue weighted by molar-refractivity contribution is -0.170. The number of carbonyl (C=O) groups excluding carboxylic acids is 2. The van der Waals surface area contributed by atoms with Gasteiger partial charge in [0.1, 0.15) is 18.7 Å². The number of carboxylic acid groups (broad SMARTS) is 1. The SMILES string of the molecule is CN(C)C[C@H](NC(=O)OCC1c2ccccc2-c2ccccc21)C(=O)NC(CC(=O)O)C(F)(F)F. The van der Waals surface area contributed by atoms with Crippen LogP contribution in [0.3, 0.4) is 0 Å². The number of hydrogen-bond acceptors (Lipinski definition) is 5. The maximum absolute atomic E-state index is 13.2. The minimum absolute atomic E-state index is 0.0413. The number of carboxylic acids is 1. The van der Waals surface area contributed by atoms with Gasteiger partial charge in [0.2, 0.25) is 5.91 Å². The lowest BCUT2D eigenvalue weighted by Crippen LogP contribution is -2.56. The minimum Gasteiger partial charge on any atom is -0.481 e. The van der Waals surface area contributed by atoms with Crippen molar-refractivity contribution in [3.05, 3.63) is 59.7 Å². The van der Waals surface area contributed by atoms with Crippen molar-refractivity contribution in [2.45, 2.75) is 30.6 Å². The molecule has 35 heavy (non-hydrogen) atoms. The summed E-state index contributed by atoms with van der Waals surface area (Å²) < 4.78 is 44.9. The van der Waals surface area contributed by atoms with Crippen molar-refractivity contribution < 1.29 is 37.4 Å². The number of amides is 2. The molecule has 0 saturated heterocycles. The first-order valence-electron chi connectivity index (χ1n) is 10.8. The number of fused-ring (bicyclic) bond motifs is 3. The van der Waals surface area contributed by atoms with Gasteiger partial charge in [0.25, 0.3) is 0 Å². The molecule has 2 amide bonds. The lowest BCUT2D eigenvalue weighted by atomic mass is 9.98. The molecule has 2 atom stereocenters. The van der Waals surface area contributed by atoms with E-state index in [2.05, 4.69) is 5.32 Å². The van der Waals surface area contributed by atoms with Gasteiger partial charge < -0.3 is 25.4 Å². The number of carbonyl (C=O) groups is 3. The van der Waals surface area contributed by atoms with Gasteiger partial charge in [0, 0.05) is 12.5 Å². The largest absolute Gasteiger partial charge is 0.481 e. The summed E-state index contributed by atoms with van der Waals surface area (Å²) in [5.41, 5.74) is 4.01. The molecule has 0 aliphatic heterocycles. The fourth-order valence-corrected chi connectivity index (χ4v) is 4.04.